The third-order valence-electron chi connectivity index (χ3n) is 3.69. The van der Waals surface area contributed by atoms with Gasteiger partial charge in [0, 0.05) is 6.08 Å². The molecule has 0 saturated heterocycles. The first-order valence-electron chi connectivity index (χ1n) is 7.20. The molecule has 0 N–H and O–H groups in total. The minimum absolute atomic E-state index is 0.00150. The fraction of sp³-hybridized carbons (Fsp3) is 0.412. The summed E-state index contributed by atoms with van der Waals surface area (Å²) in [6.07, 6.45) is 8.27. The second kappa shape index (κ2) is 7.49. The maximum Gasteiger partial charge on any atom is 0.314 e. The van der Waals surface area contributed by atoms with Gasteiger partial charge in [-0.25, -0.2) is 0 Å². The number of nitrogens with zero attached hydrogens (tertiary/aromatic N) is 1. The van der Waals surface area contributed by atoms with E-state index in [1.807, 2.05) is 6.07 Å². The average molecular weight is 285 g/mol. The summed E-state index contributed by atoms with van der Waals surface area (Å²) in [6, 6.07) is 7.18. The SMILES string of the molecule is COc1cc(/C=C\C#N)ccc1OC(=O)C1CCCCC1. The summed E-state index contributed by atoms with van der Waals surface area (Å²) in [7, 11) is 1.53. The standard InChI is InChI=1S/C17H19NO3/c1-20-16-12-13(6-5-11-18)9-10-15(16)21-17(19)14-7-3-2-4-8-14/h5-6,9-10,12,14H,2-4,7-8H2,1H3/b6-5-. The van der Waals surface area contributed by atoms with Crippen molar-refractivity contribution < 1.29 is 14.3 Å². The molecule has 0 bridgehead atoms. The Bertz CT molecular complexity index is 566. The quantitative estimate of drug-likeness (QED) is 0.480. The van der Waals surface area contributed by atoms with E-state index in [0.717, 1.165) is 31.2 Å². The lowest BCUT2D eigenvalue weighted by atomic mass is 9.89. The molecule has 1 aliphatic carbocycles. The fourth-order valence-electron chi connectivity index (χ4n) is 2.54. The second-order valence-corrected chi connectivity index (χ2v) is 5.13. The van der Waals surface area contributed by atoms with Crippen molar-refractivity contribution in [3.05, 3.63) is 29.8 Å². The number of benzene rings is 1. The molecule has 0 amide bonds. The number of hydrogen-bond acceptors (Lipinski definition) is 4. The Morgan fingerprint density at radius 1 is 1.29 bits per heavy atom. The van der Waals surface area contributed by atoms with Crippen LogP contribution in [0.3, 0.4) is 0 Å². The normalized spacial score (nSPS) is 15.6. The van der Waals surface area contributed by atoms with E-state index in [0.29, 0.717) is 11.5 Å². The molecule has 0 unspecified atom stereocenters. The Kier molecular flexibility index (Phi) is 5.39. The molecular formula is C17H19NO3. The van der Waals surface area contributed by atoms with Crippen LogP contribution in [0.4, 0.5) is 0 Å². The van der Waals surface area contributed by atoms with E-state index in [4.69, 9.17) is 14.7 Å². The smallest absolute Gasteiger partial charge is 0.314 e. The van der Waals surface area contributed by atoms with Crippen molar-refractivity contribution >= 4 is 12.0 Å². The molecule has 1 aromatic carbocycles. The summed E-state index contributed by atoms with van der Waals surface area (Å²) in [6.45, 7) is 0. The van der Waals surface area contributed by atoms with Crippen LogP contribution in [0.15, 0.2) is 24.3 Å². The molecule has 4 heteroatoms. The van der Waals surface area contributed by atoms with Gasteiger partial charge < -0.3 is 9.47 Å². The van der Waals surface area contributed by atoms with Crippen molar-refractivity contribution in [1.29, 1.82) is 5.26 Å². The summed E-state index contributed by atoms with van der Waals surface area (Å²) >= 11 is 0. The van der Waals surface area contributed by atoms with Crippen LogP contribution in [0.2, 0.25) is 0 Å². The van der Waals surface area contributed by atoms with Gasteiger partial charge in [0.2, 0.25) is 0 Å². The highest BCUT2D eigenvalue weighted by Crippen LogP contribution is 2.31. The van der Waals surface area contributed by atoms with E-state index in [9.17, 15) is 4.79 Å². The summed E-state index contributed by atoms with van der Waals surface area (Å²) in [5.74, 6) is 0.761. The zero-order valence-corrected chi connectivity index (χ0v) is 12.2. The van der Waals surface area contributed by atoms with E-state index < -0.39 is 0 Å². The van der Waals surface area contributed by atoms with Crippen molar-refractivity contribution in [2.75, 3.05) is 7.11 Å². The second-order valence-electron chi connectivity index (χ2n) is 5.13. The molecule has 0 aliphatic heterocycles. The lowest BCUT2D eigenvalue weighted by Crippen LogP contribution is -2.22. The van der Waals surface area contributed by atoms with Crippen molar-refractivity contribution in [3.63, 3.8) is 0 Å². The molecule has 0 atom stereocenters. The summed E-state index contributed by atoms with van der Waals surface area (Å²) < 4.78 is 10.7. The van der Waals surface area contributed by atoms with Gasteiger partial charge in [0.15, 0.2) is 11.5 Å². The van der Waals surface area contributed by atoms with E-state index >= 15 is 0 Å². The summed E-state index contributed by atoms with van der Waals surface area (Å²) in [5.41, 5.74) is 0.825. The van der Waals surface area contributed by atoms with Crippen LogP contribution in [-0.2, 0) is 4.79 Å². The van der Waals surface area contributed by atoms with Gasteiger partial charge in [-0.3, -0.25) is 4.79 Å². The van der Waals surface area contributed by atoms with E-state index in [1.54, 1.807) is 24.3 Å². The van der Waals surface area contributed by atoms with Gasteiger partial charge in [-0.1, -0.05) is 25.3 Å². The van der Waals surface area contributed by atoms with E-state index in [-0.39, 0.29) is 11.9 Å². The van der Waals surface area contributed by atoms with Crippen LogP contribution in [0.5, 0.6) is 11.5 Å². The number of nitriles is 1. The molecule has 4 nitrogen and oxygen atoms in total. The number of allylic oxidation sites excluding steroid dienone is 1. The minimum Gasteiger partial charge on any atom is -0.493 e. The molecule has 1 aliphatic rings. The number of carbonyl (C=O) groups excluding carboxylic acids is 1. The van der Waals surface area contributed by atoms with Crippen LogP contribution in [0.25, 0.3) is 6.08 Å². The maximum absolute atomic E-state index is 12.2. The molecular weight excluding hydrogens is 266 g/mol. The number of methoxy groups -OCH3 is 1. The first-order valence-corrected chi connectivity index (χ1v) is 7.20. The zero-order chi connectivity index (χ0) is 15.1. The van der Waals surface area contributed by atoms with Crippen LogP contribution >= 0.6 is 0 Å². The van der Waals surface area contributed by atoms with E-state index in [1.165, 1.54) is 19.6 Å². The zero-order valence-electron chi connectivity index (χ0n) is 12.2. The van der Waals surface area contributed by atoms with Crippen LogP contribution in [-0.4, -0.2) is 13.1 Å². The number of hydrogen-bond donors (Lipinski definition) is 0. The van der Waals surface area contributed by atoms with Gasteiger partial charge in [-0.15, -0.1) is 0 Å². The number of carbonyl (C=O) groups is 1. The molecule has 1 fully saturated rings. The Hall–Kier alpha value is -2.28. The van der Waals surface area contributed by atoms with Crippen molar-refractivity contribution in [3.8, 4) is 17.6 Å². The lowest BCUT2D eigenvalue weighted by Gasteiger charge is -2.20. The molecule has 0 spiro atoms. The molecule has 110 valence electrons. The molecule has 2 rings (SSSR count). The largest absolute Gasteiger partial charge is 0.493 e. The predicted octanol–water partition coefficient (Wildman–Crippen LogP) is 3.72. The summed E-state index contributed by atoms with van der Waals surface area (Å²) in [5, 5.41) is 8.53. The lowest BCUT2D eigenvalue weighted by molar-refractivity contribution is -0.140. The minimum atomic E-state index is -0.173. The molecule has 0 heterocycles. The first kappa shape index (κ1) is 15.1. The first-order chi connectivity index (χ1) is 10.2. The van der Waals surface area contributed by atoms with Gasteiger partial charge >= 0.3 is 5.97 Å². The summed E-state index contributed by atoms with van der Waals surface area (Å²) in [4.78, 5) is 12.2. The average Bonchev–Trinajstić information content (AvgIpc) is 2.54. The Morgan fingerprint density at radius 2 is 2.05 bits per heavy atom. The molecule has 21 heavy (non-hydrogen) atoms. The topological polar surface area (TPSA) is 59.3 Å². The number of esters is 1. The Labute approximate surface area is 125 Å². The third-order valence-corrected chi connectivity index (χ3v) is 3.69. The number of ether oxygens (including phenoxy) is 2. The molecule has 1 aromatic rings. The van der Waals surface area contributed by atoms with Crippen molar-refractivity contribution in [2.24, 2.45) is 5.92 Å². The fourth-order valence-corrected chi connectivity index (χ4v) is 2.54. The van der Waals surface area contributed by atoms with Gasteiger partial charge in [-0.2, -0.15) is 5.26 Å². The number of rotatable bonds is 4. The van der Waals surface area contributed by atoms with Gasteiger partial charge in [0.05, 0.1) is 19.1 Å². The molecule has 1 saturated carbocycles. The molecule has 0 aromatic heterocycles. The highest BCUT2D eigenvalue weighted by atomic mass is 16.6. The molecule has 0 radical (unpaired) electrons. The van der Waals surface area contributed by atoms with E-state index in [2.05, 4.69) is 0 Å². The monoisotopic (exact) mass is 285 g/mol. The Morgan fingerprint density at radius 3 is 2.71 bits per heavy atom. The van der Waals surface area contributed by atoms with Crippen LogP contribution < -0.4 is 9.47 Å². The van der Waals surface area contributed by atoms with Crippen molar-refractivity contribution in [2.45, 2.75) is 32.1 Å². The Balaban J connectivity index is 2.10. The van der Waals surface area contributed by atoms with Gasteiger partial charge in [-0.05, 0) is 36.6 Å². The van der Waals surface area contributed by atoms with Gasteiger partial charge in [0.1, 0.15) is 0 Å². The van der Waals surface area contributed by atoms with Crippen LogP contribution in [0, 0.1) is 17.2 Å². The maximum atomic E-state index is 12.2. The highest BCUT2D eigenvalue weighted by molar-refractivity contribution is 5.76. The third kappa shape index (κ3) is 4.09. The highest BCUT2D eigenvalue weighted by Gasteiger charge is 2.23. The van der Waals surface area contributed by atoms with Crippen molar-refractivity contribution in [1.82, 2.24) is 0 Å². The van der Waals surface area contributed by atoms with Gasteiger partial charge in [0.25, 0.3) is 0 Å². The predicted molar refractivity (Wildman–Crippen MR) is 79.9 cm³/mol. The van der Waals surface area contributed by atoms with Crippen LogP contribution in [0.1, 0.15) is 37.7 Å².